The molecule has 0 atom stereocenters. The van der Waals surface area contributed by atoms with Gasteiger partial charge in [-0.15, -0.1) is 0 Å². The Morgan fingerprint density at radius 2 is 1.31 bits per heavy atom. The van der Waals surface area contributed by atoms with Crippen LogP contribution in [0.1, 0.15) is 47.9 Å². The first-order valence-corrected chi connectivity index (χ1v) is 17.4. The molecule has 12 nitrogen and oxygen atoms in total. The summed E-state index contributed by atoms with van der Waals surface area (Å²) in [6.45, 7) is 0. The van der Waals surface area contributed by atoms with Crippen LogP contribution in [0.25, 0.3) is 22.1 Å². The predicted molar refractivity (Wildman–Crippen MR) is 194 cm³/mol. The van der Waals surface area contributed by atoms with E-state index < -0.39 is 0 Å². The molecular formula is C37H37F2N7O5S. The maximum Gasteiger partial charge on any atom is 0.255 e. The van der Waals surface area contributed by atoms with E-state index in [0.717, 1.165) is 43.1 Å². The maximum absolute atomic E-state index is 14.0. The minimum absolute atomic E-state index is 0.193. The topological polar surface area (TPSA) is 146 Å². The molecule has 1 fully saturated rings. The van der Waals surface area contributed by atoms with Crippen molar-refractivity contribution in [3.63, 3.8) is 0 Å². The van der Waals surface area contributed by atoms with Gasteiger partial charge in [-0.05, 0) is 61.1 Å². The van der Waals surface area contributed by atoms with Crippen LogP contribution in [0.15, 0.2) is 87.8 Å². The number of benzene rings is 2. The fraction of sp³-hybridized carbons (Fsp3) is 0.297. The molecule has 52 heavy (non-hydrogen) atoms. The first-order chi connectivity index (χ1) is 25.1. The van der Waals surface area contributed by atoms with Crippen LogP contribution >= 0.6 is 12.0 Å². The largest absolute Gasteiger partial charge is 0.393 e. The van der Waals surface area contributed by atoms with E-state index in [9.17, 15) is 23.5 Å². The molecule has 0 amide bonds. The SMILES string of the molecule is COOSc1ncc2cc(Cc3ccccc3F)c(=O)n(C)c2n1.Cn1c(=O)c(Cc2ccccc2F)cc2cnc(NC3CCC(O)CC3)nc21. The zero-order valence-corrected chi connectivity index (χ0v) is 29.6. The number of halogens is 2. The molecule has 2 aromatic carbocycles. The number of aliphatic hydroxyl groups is 1. The van der Waals surface area contributed by atoms with Gasteiger partial charge < -0.3 is 10.4 Å². The monoisotopic (exact) mass is 729 g/mol. The zero-order valence-electron chi connectivity index (χ0n) is 28.8. The zero-order chi connectivity index (χ0) is 36.8. The maximum atomic E-state index is 14.0. The van der Waals surface area contributed by atoms with Crippen molar-refractivity contribution >= 4 is 40.1 Å². The summed E-state index contributed by atoms with van der Waals surface area (Å²) < 4.78 is 35.4. The molecule has 0 radical (unpaired) electrons. The number of pyridine rings is 2. The van der Waals surface area contributed by atoms with Crippen molar-refractivity contribution in [2.24, 2.45) is 14.1 Å². The molecule has 1 aliphatic carbocycles. The lowest BCUT2D eigenvalue weighted by molar-refractivity contribution is -0.160. The molecule has 7 rings (SSSR count). The Kier molecular flexibility index (Phi) is 11.6. The molecule has 15 heteroatoms. The second-order valence-electron chi connectivity index (χ2n) is 12.5. The third kappa shape index (κ3) is 8.50. The van der Waals surface area contributed by atoms with Crippen molar-refractivity contribution in [2.75, 3.05) is 12.4 Å². The van der Waals surface area contributed by atoms with E-state index in [1.165, 1.54) is 28.4 Å². The number of aliphatic hydroxyl groups excluding tert-OH is 1. The Balaban J connectivity index is 0.000000181. The van der Waals surface area contributed by atoms with Gasteiger partial charge in [0.15, 0.2) is 0 Å². The highest BCUT2D eigenvalue weighted by molar-refractivity contribution is 7.94. The molecule has 0 bridgehead atoms. The van der Waals surface area contributed by atoms with Crippen molar-refractivity contribution in [1.82, 2.24) is 29.1 Å². The van der Waals surface area contributed by atoms with Crippen LogP contribution in [0.4, 0.5) is 14.7 Å². The second-order valence-corrected chi connectivity index (χ2v) is 13.1. The van der Waals surface area contributed by atoms with E-state index in [4.69, 9.17) is 4.33 Å². The number of rotatable bonds is 9. The summed E-state index contributed by atoms with van der Waals surface area (Å²) in [5.41, 5.74) is 2.52. The number of anilines is 1. The number of aromatic nitrogens is 6. The number of aryl methyl sites for hydroxylation is 2. The van der Waals surface area contributed by atoms with E-state index in [-0.39, 0.29) is 47.7 Å². The number of nitrogens with one attached hydrogen (secondary N) is 1. The van der Waals surface area contributed by atoms with Gasteiger partial charge in [0, 0.05) is 67.3 Å². The molecule has 0 saturated heterocycles. The Bertz CT molecular complexity index is 2330. The summed E-state index contributed by atoms with van der Waals surface area (Å²) in [5, 5.41) is 14.7. The Hall–Kier alpha value is -5.09. The van der Waals surface area contributed by atoms with Crippen molar-refractivity contribution in [2.45, 2.75) is 55.8 Å². The predicted octanol–water partition coefficient (Wildman–Crippen LogP) is 5.42. The van der Waals surface area contributed by atoms with Crippen molar-refractivity contribution in [3.05, 3.63) is 128 Å². The van der Waals surface area contributed by atoms with Crippen molar-refractivity contribution in [1.29, 1.82) is 0 Å². The molecule has 1 aliphatic rings. The van der Waals surface area contributed by atoms with Gasteiger partial charge in [-0.1, -0.05) is 36.4 Å². The van der Waals surface area contributed by atoms with Crippen LogP contribution in [0.2, 0.25) is 0 Å². The minimum atomic E-state index is -0.334. The fourth-order valence-electron chi connectivity index (χ4n) is 6.14. The molecule has 4 aromatic heterocycles. The van der Waals surface area contributed by atoms with Gasteiger partial charge >= 0.3 is 0 Å². The van der Waals surface area contributed by atoms with Gasteiger partial charge in [-0.2, -0.15) is 9.32 Å². The molecule has 6 aromatic rings. The van der Waals surface area contributed by atoms with Gasteiger partial charge in [0.1, 0.15) is 35.0 Å². The number of fused-ring (bicyclic) bond motifs is 2. The van der Waals surface area contributed by atoms with Crippen LogP contribution in [-0.4, -0.2) is 53.4 Å². The minimum Gasteiger partial charge on any atom is -0.393 e. The average Bonchev–Trinajstić information content (AvgIpc) is 3.15. The summed E-state index contributed by atoms with van der Waals surface area (Å²) in [6.07, 6.45) is 6.75. The highest BCUT2D eigenvalue weighted by atomic mass is 32.2. The highest BCUT2D eigenvalue weighted by Gasteiger charge is 2.20. The van der Waals surface area contributed by atoms with E-state index in [2.05, 4.69) is 30.1 Å². The van der Waals surface area contributed by atoms with E-state index in [1.54, 1.807) is 75.0 Å². The number of hydrogen-bond acceptors (Lipinski definition) is 11. The first-order valence-electron chi connectivity index (χ1n) is 16.6. The van der Waals surface area contributed by atoms with Crippen LogP contribution in [-0.2, 0) is 36.2 Å². The van der Waals surface area contributed by atoms with Gasteiger partial charge in [0.05, 0.1) is 13.2 Å². The Morgan fingerprint density at radius 1 is 0.788 bits per heavy atom. The molecule has 270 valence electrons. The molecule has 2 N–H and O–H groups in total. The van der Waals surface area contributed by atoms with E-state index in [1.807, 2.05) is 0 Å². The average molecular weight is 730 g/mol. The highest BCUT2D eigenvalue weighted by Crippen LogP contribution is 2.23. The lowest BCUT2D eigenvalue weighted by Gasteiger charge is -2.26. The second kappa shape index (κ2) is 16.5. The van der Waals surface area contributed by atoms with Crippen LogP contribution in [0, 0.1) is 11.6 Å². The van der Waals surface area contributed by atoms with Crippen LogP contribution in [0.5, 0.6) is 0 Å². The third-order valence-corrected chi connectivity index (χ3v) is 9.46. The van der Waals surface area contributed by atoms with Crippen molar-refractivity contribution < 1.29 is 23.1 Å². The molecule has 4 heterocycles. The van der Waals surface area contributed by atoms with Gasteiger partial charge in [-0.3, -0.25) is 18.7 Å². The van der Waals surface area contributed by atoms with Gasteiger partial charge in [0.25, 0.3) is 11.1 Å². The normalized spacial score (nSPS) is 15.7. The van der Waals surface area contributed by atoms with Crippen LogP contribution in [0.3, 0.4) is 0 Å². The van der Waals surface area contributed by atoms with Gasteiger partial charge in [0.2, 0.25) is 11.1 Å². The summed E-state index contributed by atoms with van der Waals surface area (Å²) in [4.78, 5) is 47.1. The van der Waals surface area contributed by atoms with E-state index in [0.29, 0.717) is 50.0 Å². The summed E-state index contributed by atoms with van der Waals surface area (Å²) in [6, 6.07) is 16.5. The lowest BCUT2D eigenvalue weighted by Crippen LogP contribution is -2.29. The molecule has 1 saturated carbocycles. The van der Waals surface area contributed by atoms with E-state index >= 15 is 0 Å². The molecule has 0 spiro atoms. The molecule has 0 unspecified atom stereocenters. The summed E-state index contributed by atoms with van der Waals surface area (Å²) >= 11 is 0.849. The molecular weight excluding hydrogens is 693 g/mol. The van der Waals surface area contributed by atoms with Crippen molar-refractivity contribution in [3.8, 4) is 0 Å². The number of hydrogen-bond donors (Lipinski definition) is 2. The third-order valence-electron chi connectivity index (χ3n) is 8.91. The molecule has 0 aliphatic heterocycles. The smallest absolute Gasteiger partial charge is 0.255 e. The van der Waals surface area contributed by atoms with Crippen LogP contribution < -0.4 is 16.4 Å². The lowest BCUT2D eigenvalue weighted by atomic mass is 9.93. The summed E-state index contributed by atoms with van der Waals surface area (Å²) in [5.74, 6) is -0.178. The number of nitrogens with zero attached hydrogens (tertiary/aromatic N) is 6. The fourth-order valence-corrected chi connectivity index (χ4v) is 6.48. The quantitative estimate of drug-likeness (QED) is 0.0852. The Labute approximate surface area is 301 Å². The van der Waals surface area contributed by atoms with Gasteiger partial charge in [-0.25, -0.2) is 28.6 Å². The summed E-state index contributed by atoms with van der Waals surface area (Å²) in [7, 11) is 4.66. The first kappa shape index (κ1) is 36.7. The Morgan fingerprint density at radius 3 is 1.85 bits per heavy atom. The standard InChI is InChI=1S/C21H23FN4O2.C16H14FN3O3S/c1-26-19-15(11-14(20(26)28)10-13-4-2-3-5-18(13)22)12-23-21(25-19)24-16-6-8-17(27)9-7-16;1-20-14-12(9-18-16(19-14)24-23-22-2)8-11(15(20)21)7-10-5-3-4-6-13(10)17/h2-5,11-12,16-17,27H,6-10H2,1H3,(H,23,24,25);3-6,8-9H,7H2,1-2H3.